The Labute approximate surface area is 187 Å². The van der Waals surface area contributed by atoms with Gasteiger partial charge in [0.1, 0.15) is 17.4 Å². The summed E-state index contributed by atoms with van der Waals surface area (Å²) in [5, 5.41) is 21.2. The molecule has 138 valence electrons. The lowest BCUT2D eigenvalue weighted by Gasteiger charge is -2.10. The normalized spacial score (nSPS) is 10.8. The third kappa shape index (κ3) is 6.37. The Morgan fingerprint density at radius 1 is 1.26 bits per heavy atom. The standard InChI is InChI=1S/C18H11ClI2N2O4/c19-12-2-1-3-13(7-12)23-18(26)11(8-22)4-10-5-14(20)17(15(21)6-10)27-9-16(24)25/h1-7H,9H2,(H,23,26)(H,24,25)/b11-4-. The Morgan fingerprint density at radius 3 is 2.48 bits per heavy atom. The molecule has 2 aromatic rings. The van der Waals surface area contributed by atoms with Crippen molar-refractivity contribution in [3.8, 4) is 11.8 Å². The molecule has 0 aliphatic heterocycles. The number of carboxylic acid groups (broad SMARTS) is 1. The zero-order valence-corrected chi connectivity index (χ0v) is 18.6. The van der Waals surface area contributed by atoms with Gasteiger partial charge in [-0.2, -0.15) is 5.26 Å². The Kier molecular flexibility index (Phi) is 7.88. The predicted octanol–water partition coefficient (Wildman–Crippen LogP) is 4.56. The number of anilines is 1. The monoisotopic (exact) mass is 608 g/mol. The number of rotatable bonds is 6. The maximum atomic E-state index is 12.3. The number of nitrogens with zero attached hydrogens (tertiary/aromatic N) is 1. The van der Waals surface area contributed by atoms with E-state index in [4.69, 9.17) is 21.4 Å². The second-order valence-corrected chi connectivity index (χ2v) is 7.89. The number of hydrogen-bond acceptors (Lipinski definition) is 4. The molecule has 2 aromatic carbocycles. The number of nitriles is 1. The molecule has 1 amide bonds. The topological polar surface area (TPSA) is 99.4 Å². The van der Waals surface area contributed by atoms with Crippen LogP contribution in [-0.4, -0.2) is 23.6 Å². The molecule has 2 rings (SSSR count). The highest BCUT2D eigenvalue weighted by atomic mass is 127. The van der Waals surface area contributed by atoms with Crippen molar-refractivity contribution in [1.82, 2.24) is 0 Å². The smallest absolute Gasteiger partial charge is 0.341 e. The minimum Gasteiger partial charge on any atom is -0.480 e. The third-order valence-corrected chi connectivity index (χ3v) is 4.96. The predicted molar refractivity (Wildman–Crippen MR) is 119 cm³/mol. The van der Waals surface area contributed by atoms with E-state index in [1.807, 2.05) is 51.3 Å². The van der Waals surface area contributed by atoms with Crippen LogP contribution in [0.1, 0.15) is 5.56 Å². The number of carboxylic acids is 1. The zero-order valence-electron chi connectivity index (χ0n) is 13.5. The van der Waals surface area contributed by atoms with Crippen molar-refractivity contribution in [1.29, 1.82) is 5.26 Å². The van der Waals surface area contributed by atoms with Gasteiger partial charge in [0.05, 0.1) is 7.14 Å². The van der Waals surface area contributed by atoms with Crippen LogP contribution < -0.4 is 10.1 Å². The number of amides is 1. The molecule has 0 fully saturated rings. The minimum absolute atomic E-state index is 0.0826. The first-order chi connectivity index (χ1) is 12.8. The highest BCUT2D eigenvalue weighted by Gasteiger charge is 2.13. The van der Waals surface area contributed by atoms with Crippen LogP contribution in [0.25, 0.3) is 6.08 Å². The molecule has 0 atom stereocenters. The van der Waals surface area contributed by atoms with Crippen LogP contribution in [0.5, 0.6) is 5.75 Å². The van der Waals surface area contributed by atoms with E-state index >= 15 is 0 Å². The summed E-state index contributed by atoms with van der Waals surface area (Å²) in [6.45, 7) is -0.452. The van der Waals surface area contributed by atoms with E-state index in [1.54, 1.807) is 36.4 Å². The lowest BCUT2D eigenvalue weighted by Crippen LogP contribution is -2.13. The van der Waals surface area contributed by atoms with Crippen LogP contribution >= 0.6 is 56.8 Å². The first kappa shape index (κ1) is 21.5. The molecule has 0 spiro atoms. The summed E-state index contributed by atoms with van der Waals surface area (Å²) in [5.74, 6) is -1.19. The van der Waals surface area contributed by atoms with E-state index < -0.39 is 18.5 Å². The van der Waals surface area contributed by atoms with Gasteiger partial charge in [-0.1, -0.05) is 17.7 Å². The largest absolute Gasteiger partial charge is 0.480 e. The van der Waals surface area contributed by atoms with E-state index in [0.717, 1.165) is 0 Å². The fourth-order valence-corrected chi connectivity index (χ4v) is 4.33. The van der Waals surface area contributed by atoms with Gasteiger partial charge in [0.2, 0.25) is 0 Å². The molecule has 0 bridgehead atoms. The van der Waals surface area contributed by atoms with Gasteiger partial charge in [0.25, 0.3) is 5.91 Å². The Hall–Kier alpha value is -1.84. The van der Waals surface area contributed by atoms with Crippen molar-refractivity contribution >= 4 is 80.4 Å². The summed E-state index contributed by atoms with van der Waals surface area (Å²) in [4.78, 5) is 23.0. The summed E-state index contributed by atoms with van der Waals surface area (Å²) < 4.78 is 6.59. The fourth-order valence-electron chi connectivity index (χ4n) is 2.01. The Morgan fingerprint density at radius 2 is 1.93 bits per heavy atom. The van der Waals surface area contributed by atoms with Gasteiger partial charge in [0, 0.05) is 10.7 Å². The molecule has 6 nitrogen and oxygen atoms in total. The van der Waals surface area contributed by atoms with Crippen molar-refractivity contribution in [3.63, 3.8) is 0 Å². The van der Waals surface area contributed by atoms with Gasteiger partial charge in [0.15, 0.2) is 6.61 Å². The van der Waals surface area contributed by atoms with E-state index in [-0.39, 0.29) is 5.57 Å². The molecule has 0 saturated heterocycles. The maximum Gasteiger partial charge on any atom is 0.341 e. The number of ether oxygens (including phenoxy) is 1. The lowest BCUT2D eigenvalue weighted by atomic mass is 10.1. The van der Waals surface area contributed by atoms with E-state index in [1.165, 1.54) is 6.08 Å². The number of aliphatic carboxylic acids is 1. The van der Waals surface area contributed by atoms with E-state index in [0.29, 0.717) is 29.2 Å². The molecular weight excluding hydrogens is 597 g/mol. The van der Waals surface area contributed by atoms with Gasteiger partial charge in [-0.3, -0.25) is 4.79 Å². The van der Waals surface area contributed by atoms with Gasteiger partial charge < -0.3 is 15.2 Å². The number of hydrogen-bond donors (Lipinski definition) is 2. The average molecular weight is 609 g/mol. The van der Waals surface area contributed by atoms with Gasteiger partial charge >= 0.3 is 5.97 Å². The summed E-state index contributed by atoms with van der Waals surface area (Å²) in [6, 6.07) is 11.9. The number of halogens is 3. The fraction of sp³-hybridized carbons (Fsp3) is 0.0556. The third-order valence-electron chi connectivity index (χ3n) is 3.12. The summed E-state index contributed by atoms with van der Waals surface area (Å²) in [7, 11) is 0. The quantitative estimate of drug-likeness (QED) is 0.285. The van der Waals surface area contributed by atoms with Crippen molar-refractivity contribution in [2.75, 3.05) is 11.9 Å². The van der Waals surface area contributed by atoms with Crippen LogP contribution in [-0.2, 0) is 9.59 Å². The average Bonchev–Trinajstić information content (AvgIpc) is 2.58. The molecule has 2 N–H and O–H groups in total. The molecule has 0 aromatic heterocycles. The van der Waals surface area contributed by atoms with Crippen molar-refractivity contribution in [2.24, 2.45) is 0 Å². The van der Waals surface area contributed by atoms with Crippen molar-refractivity contribution in [3.05, 3.63) is 59.7 Å². The molecule has 0 radical (unpaired) electrons. The van der Waals surface area contributed by atoms with E-state index in [2.05, 4.69) is 5.32 Å². The van der Waals surface area contributed by atoms with Crippen molar-refractivity contribution < 1.29 is 19.4 Å². The number of carbonyl (C=O) groups is 2. The molecule has 0 unspecified atom stereocenters. The zero-order chi connectivity index (χ0) is 20.0. The first-order valence-electron chi connectivity index (χ1n) is 7.32. The minimum atomic E-state index is -1.07. The van der Waals surface area contributed by atoms with Gasteiger partial charge in [-0.15, -0.1) is 0 Å². The van der Waals surface area contributed by atoms with E-state index in [9.17, 15) is 14.9 Å². The second-order valence-electron chi connectivity index (χ2n) is 5.13. The van der Waals surface area contributed by atoms with Crippen LogP contribution in [0, 0.1) is 18.5 Å². The van der Waals surface area contributed by atoms with Gasteiger partial charge in [-0.25, -0.2) is 4.79 Å². The molecule has 0 aliphatic rings. The van der Waals surface area contributed by atoms with Crippen LogP contribution in [0.4, 0.5) is 5.69 Å². The van der Waals surface area contributed by atoms with Crippen LogP contribution in [0.2, 0.25) is 5.02 Å². The molecule has 0 aliphatic carbocycles. The van der Waals surface area contributed by atoms with Gasteiger partial charge in [-0.05, 0) is 87.2 Å². The number of nitrogens with one attached hydrogen (secondary N) is 1. The van der Waals surface area contributed by atoms with Crippen LogP contribution in [0.15, 0.2) is 42.0 Å². The summed E-state index contributed by atoms with van der Waals surface area (Å²) >= 11 is 9.90. The maximum absolute atomic E-state index is 12.3. The number of carbonyl (C=O) groups excluding carboxylic acids is 1. The summed E-state index contributed by atoms with van der Waals surface area (Å²) in [6.07, 6.45) is 1.45. The molecule has 0 heterocycles. The molecule has 9 heteroatoms. The second kappa shape index (κ2) is 9.91. The molecular formula is C18H11ClI2N2O4. The highest BCUT2D eigenvalue weighted by molar-refractivity contribution is 14.1. The number of benzene rings is 2. The molecule has 27 heavy (non-hydrogen) atoms. The van der Waals surface area contributed by atoms with Crippen LogP contribution in [0.3, 0.4) is 0 Å². The lowest BCUT2D eigenvalue weighted by molar-refractivity contribution is -0.139. The van der Waals surface area contributed by atoms with Crippen molar-refractivity contribution in [2.45, 2.75) is 0 Å². The SMILES string of the molecule is N#C/C(=C/c1cc(I)c(OCC(=O)O)c(I)c1)C(=O)Nc1cccc(Cl)c1. The first-order valence-corrected chi connectivity index (χ1v) is 9.86. The summed E-state index contributed by atoms with van der Waals surface area (Å²) in [5.41, 5.74) is 1.01. The Balaban J connectivity index is 2.25. The Bertz CT molecular complexity index is 947. The molecule has 0 saturated carbocycles. The highest BCUT2D eigenvalue weighted by Crippen LogP contribution is 2.30.